The number of thiophene rings is 2. The summed E-state index contributed by atoms with van der Waals surface area (Å²) in [6.07, 6.45) is 0. The first kappa shape index (κ1) is 17.2. The van der Waals surface area contributed by atoms with Gasteiger partial charge < -0.3 is 0 Å². The van der Waals surface area contributed by atoms with Gasteiger partial charge in [0.15, 0.2) is 0 Å². The van der Waals surface area contributed by atoms with Gasteiger partial charge >= 0.3 is 0 Å². The van der Waals surface area contributed by atoms with E-state index >= 15 is 0 Å². The maximum atomic E-state index is 4.77. The number of hydrogen-bond donors (Lipinski definition) is 0. The number of nitrogens with zero attached hydrogens (tertiary/aromatic N) is 4. The van der Waals surface area contributed by atoms with Crippen LogP contribution < -0.4 is 0 Å². The van der Waals surface area contributed by atoms with Crippen LogP contribution in [0.1, 0.15) is 44.4 Å². The van der Waals surface area contributed by atoms with E-state index in [4.69, 9.17) is 17.5 Å². The standard InChI is InChI=1S/C22H12N4S4/c1-3-7-13-11(5-1)9-15(27-13)17-19-21(25-29-23-19)18(22-20(17)24-30-26-22)16-10-12-6-2-4-8-14(12)28-16/h1-10,17-18H. The fourth-order valence-corrected chi connectivity index (χ4v) is 7.87. The van der Waals surface area contributed by atoms with Crippen molar-refractivity contribution >= 4 is 66.3 Å². The Hall–Kier alpha value is -2.52. The second-order valence-corrected chi connectivity index (χ2v) is 10.6. The molecule has 0 N–H and O–H groups in total. The first-order chi connectivity index (χ1) is 14.9. The van der Waals surface area contributed by atoms with E-state index in [0.29, 0.717) is 0 Å². The van der Waals surface area contributed by atoms with E-state index in [9.17, 15) is 0 Å². The average Bonchev–Trinajstić information content (AvgIpc) is 3.56. The van der Waals surface area contributed by atoms with E-state index in [0.717, 1.165) is 22.8 Å². The molecule has 0 spiro atoms. The lowest BCUT2D eigenvalue weighted by atomic mass is 9.82. The predicted octanol–water partition coefficient (Wildman–Crippen LogP) is 6.49. The van der Waals surface area contributed by atoms with Gasteiger partial charge in [0, 0.05) is 19.2 Å². The average molecular weight is 461 g/mol. The lowest BCUT2D eigenvalue weighted by Gasteiger charge is -2.24. The molecule has 144 valence electrons. The summed E-state index contributed by atoms with van der Waals surface area (Å²) >= 11 is 6.22. The van der Waals surface area contributed by atoms with Crippen molar-refractivity contribution in [2.24, 2.45) is 0 Å². The van der Waals surface area contributed by atoms with E-state index in [1.807, 2.05) is 22.7 Å². The van der Waals surface area contributed by atoms with Crippen LogP contribution in [0.25, 0.3) is 20.2 Å². The van der Waals surface area contributed by atoms with Crippen LogP contribution in [0, 0.1) is 0 Å². The third-order valence-electron chi connectivity index (χ3n) is 5.63. The first-order valence-corrected chi connectivity index (χ1v) is 12.6. The molecule has 0 amide bonds. The highest BCUT2D eigenvalue weighted by Crippen LogP contribution is 2.50. The third-order valence-corrected chi connectivity index (χ3v) is 9.11. The molecular weight excluding hydrogens is 449 g/mol. The monoisotopic (exact) mass is 460 g/mol. The molecule has 0 bridgehead atoms. The summed E-state index contributed by atoms with van der Waals surface area (Å²) in [5.74, 6) is 0.0195. The van der Waals surface area contributed by atoms with E-state index in [-0.39, 0.29) is 11.8 Å². The molecule has 6 aromatic rings. The summed E-state index contributed by atoms with van der Waals surface area (Å²) in [4.78, 5) is 2.52. The lowest BCUT2D eigenvalue weighted by Crippen LogP contribution is -2.19. The van der Waals surface area contributed by atoms with Gasteiger partial charge in [-0.05, 0) is 35.0 Å². The maximum absolute atomic E-state index is 4.77. The number of benzene rings is 2. The third kappa shape index (κ3) is 2.42. The lowest BCUT2D eigenvalue weighted by molar-refractivity contribution is 0.777. The zero-order chi connectivity index (χ0) is 19.7. The fourth-order valence-electron chi connectivity index (χ4n) is 4.29. The van der Waals surface area contributed by atoms with Crippen molar-refractivity contribution in [3.8, 4) is 0 Å². The Kier molecular flexibility index (Phi) is 3.72. The molecule has 30 heavy (non-hydrogen) atoms. The molecule has 4 aromatic heterocycles. The summed E-state index contributed by atoms with van der Waals surface area (Å²) in [7, 11) is 0. The van der Waals surface area contributed by atoms with Crippen molar-refractivity contribution in [2.75, 3.05) is 0 Å². The minimum absolute atomic E-state index is 0.00975. The van der Waals surface area contributed by atoms with Gasteiger partial charge in [0.25, 0.3) is 0 Å². The van der Waals surface area contributed by atoms with Gasteiger partial charge in [-0.2, -0.15) is 17.5 Å². The smallest absolute Gasteiger partial charge is 0.0930 e. The van der Waals surface area contributed by atoms with Crippen molar-refractivity contribution in [3.05, 3.63) is 93.2 Å². The number of fused-ring (bicyclic) bond motifs is 4. The Morgan fingerprint density at radius 2 is 0.933 bits per heavy atom. The molecule has 0 aliphatic heterocycles. The summed E-state index contributed by atoms with van der Waals surface area (Å²) in [6.45, 7) is 0. The topological polar surface area (TPSA) is 51.6 Å². The van der Waals surface area contributed by atoms with Crippen molar-refractivity contribution in [1.29, 1.82) is 0 Å². The van der Waals surface area contributed by atoms with Gasteiger partial charge in [-0.1, -0.05) is 36.4 Å². The van der Waals surface area contributed by atoms with Crippen molar-refractivity contribution in [1.82, 2.24) is 17.5 Å². The van der Waals surface area contributed by atoms with Crippen molar-refractivity contribution < 1.29 is 0 Å². The van der Waals surface area contributed by atoms with Crippen LogP contribution in [0.3, 0.4) is 0 Å². The van der Waals surface area contributed by atoms with Crippen LogP contribution in [-0.2, 0) is 0 Å². The van der Waals surface area contributed by atoms with Crippen LogP contribution in [0.2, 0.25) is 0 Å². The van der Waals surface area contributed by atoms with E-state index in [1.54, 1.807) is 0 Å². The molecule has 0 unspecified atom stereocenters. The Balaban J connectivity index is 1.45. The SMILES string of the molecule is c1ccc2sc(C3c4nsnc4C(c4cc5ccccc5s4)c4nsnc43)cc2c1. The van der Waals surface area contributed by atoms with E-state index < -0.39 is 0 Å². The van der Waals surface area contributed by atoms with Crippen LogP contribution in [0.4, 0.5) is 0 Å². The second kappa shape index (κ2) is 6.49. The van der Waals surface area contributed by atoms with Crippen LogP contribution in [0.5, 0.6) is 0 Å². The van der Waals surface area contributed by atoms with Gasteiger partial charge in [-0.15, -0.1) is 22.7 Å². The molecule has 2 aromatic carbocycles. The van der Waals surface area contributed by atoms with Crippen LogP contribution >= 0.6 is 46.1 Å². The minimum Gasteiger partial charge on any atom is -0.177 e. The van der Waals surface area contributed by atoms with Gasteiger partial charge in [-0.3, -0.25) is 0 Å². The number of aromatic nitrogens is 4. The van der Waals surface area contributed by atoms with Crippen LogP contribution in [-0.4, -0.2) is 17.5 Å². The van der Waals surface area contributed by atoms with Gasteiger partial charge in [-0.25, -0.2) is 0 Å². The highest BCUT2D eigenvalue weighted by atomic mass is 32.1. The Labute approximate surface area is 188 Å². The molecule has 1 aliphatic carbocycles. The molecule has 0 atom stereocenters. The van der Waals surface area contributed by atoms with Crippen LogP contribution in [0.15, 0.2) is 60.7 Å². The zero-order valence-electron chi connectivity index (χ0n) is 15.4. The van der Waals surface area contributed by atoms with E-state index in [2.05, 4.69) is 60.7 Å². The van der Waals surface area contributed by atoms with Gasteiger partial charge in [0.1, 0.15) is 0 Å². The Bertz CT molecular complexity index is 1320. The molecule has 4 nitrogen and oxygen atoms in total. The van der Waals surface area contributed by atoms with Gasteiger partial charge in [0.05, 0.1) is 58.1 Å². The summed E-state index contributed by atoms with van der Waals surface area (Å²) in [6, 6.07) is 21.6. The number of hydrogen-bond acceptors (Lipinski definition) is 8. The first-order valence-electron chi connectivity index (χ1n) is 9.48. The minimum atomic E-state index is 0.00975. The van der Waals surface area contributed by atoms with Crippen molar-refractivity contribution in [3.63, 3.8) is 0 Å². The molecular formula is C22H12N4S4. The number of rotatable bonds is 2. The molecule has 1 aliphatic rings. The maximum Gasteiger partial charge on any atom is 0.0930 e. The predicted molar refractivity (Wildman–Crippen MR) is 125 cm³/mol. The highest BCUT2D eigenvalue weighted by Gasteiger charge is 2.41. The summed E-state index contributed by atoms with van der Waals surface area (Å²) < 4.78 is 21.7. The highest BCUT2D eigenvalue weighted by molar-refractivity contribution is 7.19. The molecule has 8 heteroatoms. The fraction of sp³-hybridized carbons (Fsp3) is 0.0909. The molecule has 4 heterocycles. The molecule has 0 saturated carbocycles. The molecule has 0 saturated heterocycles. The summed E-state index contributed by atoms with van der Waals surface area (Å²) in [5.41, 5.74) is 4.15. The Morgan fingerprint density at radius 3 is 1.33 bits per heavy atom. The molecule has 0 fully saturated rings. The second-order valence-electron chi connectivity index (χ2n) is 7.31. The van der Waals surface area contributed by atoms with Gasteiger partial charge in [0.2, 0.25) is 0 Å². The molecule has 7 rings (SSSR count). The zero-order valence-corrected chi connectivity index (χ0v) is 18.6. The summed E-state index contributed by atoms with van der Waals surface area (Å²) in [5, 5.41) is 2.53. The Morgan fingerprint density at radius 1 is 0.533 bits per heavy atom. The molecule has 0 radical (unpaired) electrons. The quantitative estimate of drug-likeness (QED) is 0.296. The van der Waals surface area contributed by atoms with E-state index in [1.165, 1.54) is 53.4 Å². The largest absolute Gasteiger partial charge is 0.177 e. The van der Waals surface area contributed by atoms with Crippen molar-refractivity contribution in [2.45, 2.75) is 11.8 Å². The normalized spacial score (nSPS) is 18.0.